The fourth-order valence-corrected chi connectivity index (χ4v) is 3.32. The van der Waals surface area contributed by atoms with Crippen LogP contribution in [0.4, 0.5) is 0 Å². The highest BCUT2D eigenvalue weighted by Gasteiger charge is 2.15. The van der Waals surface area contributed by atoms with E-state index in [2.05, 4.69) is 27.9 Å². The van der Waals surface area contributed by atoms with Crippen LogP contribution in [0.1, 0.15) is 42.8 Å². The van der Waals surface area contributed by atoms with Gasteiger partial charge in [-0.05, 0) is 51.7 Å². The lowest BCUT2D eigenvalue weighted by molar-refractivity contribution is 0.192. The Kier molecular flexibility index (Phi) is 6.34. The summed E-state index contributed by atoms with van der Waals surface area (Å²) in [4.78, 5) is 11.3. The maximum Gasteiger partial charge on any atom is 0.133 e. The van der Waals surface area contributed by atoms with Crippen molar-refractivity contribution in [3.8, 4) is 6.07 Å². The molecule has 1 aliphatic heterocycles. The van der Waals surface area contributed by atoms with E-state index >= 15 is 0 Å². The number of aromatic nitrogens is 1. The standard InChI is InChI=1S/C16H24N4S/c1-13-4-8-20(9-5-13)7-3-6-18-11-15(10-17)16-19-14(2)12-21-16/h11-13,15H,3-9H2,1-2H3/t15-/m0/s1. The molecule has 0 aromatic carbocycles. The van der Waals surface area contributed by atoms with Crippen LogP contribution in [-0.2, 0) is 0 Å². The Labute approximate surface area is 131 Å². The second-order valence-corrected chi connectivity index (χ2v) is 6.76. The van der Waals surface area contributed by atoms with Crippen molar-refractivity contribution in [2.45, 2.75) is 39.0 Å². The van der Waals surface area contributed by atoms with E-state index < -0.39 is 0 Å². The van der Waals surface area contributed by atoms with E-state index in [9.17, 15) is 5.26 Å². The van der Waals surface area contributed by atoms with Crippen molar-refractivity contribution in [3.05, 3.63) is 16.1 Å². The zero-order chi connectivity index (χ0) is 15.1. The largest absolute Gasteiger partial charge is 0.303 e. The van der Waals surface area contributed by atoms with Gasteiger partial charge in [-0.1, -0.05) is 6.92 Å². The lowest BCUT2D eigenvalue weighted by atomic mass is 9.99. The summed E-state index contributed by atoms with van der Waals surface area (Å²) in [6, 6.07) is 2.27. The Morgan fingerprint density at radius 2 is 2.33 bits per heavy atom. The molecule has 0 spiro atoms. The van der Waals surface area contributed by atoms with Crippen molar-refractivity contribution in [2.75, 3.05) is 26.2 Å². The molecule has 0 amide bonds. The second kappa shape index (κ2) is 8.26. The van der Waals surface area contributed by atoms with Crippen LogP contribution in [0.3, 0.4) is 0 Å². The summed E-state index contributed by atoms with van der Waals surface area (Å²) in [7, 11) is 0. The minimum Gasteiger partial charge on any atom is -0.303 e. The first kappa shape index (κ1) is 16.1. The van der Waals surface area contributed by atoms with E-state index in [-0.39, 0.29) is 5.92 Å². The van der Waals surface area contributed by atoms with Gasteiger partial charge in [-0.25, -0.2) is 4.98 Å². The van der Waals surface area contributed by atoms with Crippen molar-refractivity contribution < 1.29 is 0 Å². The SMILES string of the molecule is Cc1csc([C@@H](C#N)C=NCCCN2CCC(C)CC2)n1. The minimum atomic E-state index is -0.292. The summed E-state index contributed by atoms with van der Waals surface area (Å²) in [5, 5.41) is 12.0. The van der Waals surface area contributed by atoms with Crippen molar-refractivity contribution in [1.29, 1.82) is 5.26 Å². The average Bonchev–Trinajstić information content (AvgIpc) is 2.91. The van der Waals surface area contributed by atoms with Crippen LogP contribution in [0.2, 0.25) is 0 Å². The molecule has 0 unspecified atom stereocenters. The molecule has 1 aromatic heterocycles. The van der Waals surface area contributed by atoms with Crippen LogP contribution in [0.25, 0.3) is 0 Å². The summed E-state index contributed by atoms with van der Waals surface area (Å²) in [5.41, 5.74) is 0.975. The number of aryl methyl sites for hydroxylation is 1. The summed E-state index contributed by atoms with van der Waals surface area (Å²) in [6.07, 6.45) is 5.48. The molecule has 2 heterocycles. The van der Waals surface area contributed by atoms with Gasteiger partial charge in [0.15, 0.2) is 0 Å². The molecule has 0 aliphatic carbocycles. The van der Waals surface area contributed by atoms with Crippen LogP contribution >= 0.6 is 11.3 Å². The second-order valence-electron chi connectivity index (χ2n) is 5.87. The van der Waals surface area contributed by atoms with E-state index in [1.807, 2.05) is 12.3 Å². The predicted molar refractivity (Wildman–Crippen MR) is 88.0 cm³/mol. The number of aliphatic imine (C=N–C) groups is 1. The number of piperidine rings is 1. The van der Waals surface area contributed by atoms with Gasteiger partial charge in [0, 0.05) is 23.8 Å². The summed E-state index contributed by atoms with van der Waals surface area (Å²) < 4.78 is 0. The highest BCUT2D eigenvalue weighted by atomic mass is 32.1. The number of nitrogens with zero attached hydrogens (tertiary/aromatic N) is 4. The van der Waals surface area contributed by atoms with Gasteiger partial charge < -0.3 is 4.90 Å². The van der Waals surface area contributed by atoms with Gasteiger partial charge in [-0.15, -0.1) is 11.3 Å². The van der Waals surface area contributed by atoms with Gasteiger partial charge >= 0.3 is 0 Å². The van der Waals surface area contributed by atoms with E-state index in [0.717, 1.165) is 36.1 Å². The van der Waals surface area contributed by atoms with Crippen molar-refractivity contribution in [1.82, 2.24) is 9.88 Å². The summed E-state index contributed by atoms with van der Waals surface area (Å²) in [5.74, 6) is 0.594. The van der Waals surface area contributed by atoms with Crippen molar-refractivity contribution >= 4 is 17.6 Å². The minimum absolute atomic E-state index is 0.292. The third-order valence-electron chi connectivity index (χ3n) is 3.93. The number of nitriles is 1. The third kappa shape index (κ3) is 5.22. The molecule has 1 atom stereocenters. The molecule has 1 aliphatic rings. The highest BCUT2D eigenvalue weighted by Crippen LogP contribution is 2.18. The first-order chi connectivity index (χ1) is 10.2. The average molecular weight is 304 g/mol. The lowest BCUT2D eigenvalue weighted by Gasteiger charge is -2.29. The first-order valence-electron chi connectivity index (χ1n) is 7.73. The maximum absolute atomic E-state index is 9.19. The van der Waals surface area contributed by atoms with Gasteiger partial charge in [0.25, 0.3) is 0 Å². The zero-order valence-corrected chi connectivity index (χ0v) is 13.8. The van der Waals surface area contributed by atoms with Gasteiger partial charge in [-0.2, -0.15) is 5.26 Å². The summed E-state index contributed by atoms with van der Waals surface area (Å²) in [6.45, 7) is 8.66. The highest BCUT2D eigenvalue weighted by molar-refractivity contribution is 7.09. The first-order valence-corrected chi connectivity index (χ1v) is 8.61. The Morgan fingerprint density at radius 1 is 1.57 bits per heavy atom. The van der Waals surface area contributed by atoms with Crippen LogP contribution in [-0.4, -0.2) is 42.3 Å². The summed E-state index contributed by atoms with van der Waals surface area (Å²) >= 11 is 1.54. The predicted octanol–water partition coefficient (Wildman–Crippen LogP) is 3.25. The van der Waals surface area contributed by atoms with Crippen LogP contribution in [0.5, 0.6) is 0 Å². The number of hydrogen-bond donors (Lipinski definition) is 0. The fraction of sp³-hybridized carbons (Fsp3) is 0.688. The van der Waals surface area contributed by atoms with Gasteiger partial charge in [-0.3, -0.25) is 4.99 Å². The Morgan fingerprint density at radius 3 is 2.95 bits per heavy atom. The van der Waals surface area contributed by atoms with Gasteiger partial charge in [0.2, 0.25) is 0 Å². The van der Waals surface area contributed by atoms with Crippen LogP contribution in [0, 0.1) is 24.2 Å². The lowest BCUT2D eigenvalue weighted by Crippen LogP contribution is -2.33. The van der Waals surface area contributed by atoms with Crippen molar-refractivity contribution in [3.63, 3.8) is 0 Å². The quantitative estimate of drug-likeness (QED) is 0.599. The normalized spacial score (nSPS) is 18.9. The number of thiazole rings is 1. The number of hydrogen-bond acceptors (Lipinski definition) is 5. The molecular formula is C16H24N4S. The molecule has 2 rings (SSSR count). The number of rotatable bonds is 6. The van der Waals surface area contributed by atoms with Gasteiger partial charge in [0.05, 0.1) is 6.07 Å². The van der Waals surface area contributed by atoms with Gasteiger partial charge in [0.1, 0.15) is 10.9 Å². The van der Waals surface area contributed by atoms with Crippen LogP contribution < -0.4 is 0 Å². The molecule has 21 heavy (non-hydrogen) atoms. The molecule has 0 bridgehead atoms. The van der Waals surface area contributed by atoms with E-state index in [1.165, 1.54) is 37.3 Å². The third-order valence-corrected chi connectivity index (χ3v) is 4.98. The molecule has 0 radical (unpaired) electrons. The molecule has 1 aromatic rings. The molecule has 5 heteroatoms. The topological polar surface area (TPSA) is 52.3 Å². The monoisotopic (exact) mass is 304 g/mol. The van der Waals surface area contributed by atoms with E-state index in [1.54, 1.807) is 6.21 Å². The Bertz CT molecular complexity index is 495. The molecule has 114 valence electrons. The van der Waals surface area contributed by atoms with Crippen molar-refractivity contribution in [2.24, 2.45) is 10.9 Å². The Balaban J connectivity index is 1.68. The molecule has 0 N–H and O–H groups in total. The fourth-order valence-electron chi connectivity index (χ4n) is 2.52. The maximum atomic E-state index is 9.19. The molecule has 4 nitrogen and oxygen atoms in total. The van der Waals surface area contributed by atoms with Crippen LogP contribution in [0.15, 0.2) is 10.4 Å². The Hall–Kier alpha value is -1.25. The molecule has 1 saturated heterocycles. The zero-order valence-electron chi connectivity index (χ0n) is 13.0. The van der Waals surface area contributed by atoms with E-state index in [0.29, 0.717) is 0 Å². The molecular weight excluding hydrogens is 280 g/mol. The van der Waals surface area contributed by atoms with E-state index in [4.69, 9.17) is 0 Å². The molecule has 0 saturated carbocycles. The molecule has 1 fully saturated rings. The number of likely N-dealkylation sites (tertiary alicyclic amines) is 1. The smallest absolute Gasteiger partial charge is 0.133 e.